The van der Waals surface area contributed by atoms with Crippen molar-refractivity contribution in [2.45, 2.75) is 57.6 Å². The highest BCUT2D eigenvalue weighted by Gasteiger charge is 2.17. The van der Waals surface area contributed by atoms with Crippen LogP contribution in [0.4, 0.5) is 0 Å². The van der Waals surface area contributed by atoms with Gasteiger partial charge < -0.3 is 5.11 Å². The Balaban J connectivity index is 1.68. The lowest BCUT2D eigenvalue weighted by Gasteiger charge is -2.21. The summed E-state index contributed by atoms with van der Waals surface area (Å²) in [5.41, 5.74) is 2.93. The van der Waals surface area contributed by atoms with Gasteiger partial charge in [-0.1, -0.05) is 19.3 Å². The summed E-state index contributed by atoms with van der Waals surface area (Å²) < 4.78 is 2.10. The smallest absolute Gasteiger partial charge is 0.0849 e. The molecule has 2 aromatic rings. The number of rotatable bonds is 4. The van der Waals surface area contributed by atoms with Crippen molar-refractivity contribution in [1.29, 1.82) is 0 Å². The summed E-state index contributed by atoms with van der Waals surface area (Å²) in [6.07, 6.45) is 12.1. The molecule has 0 aliphatic heterocycles. The second kappa shape index (κ2) is 6.39. The Kier molecular flexibility index (Phi) is 4.34. The van der Waals surface area contributed by atoms with Crippen LogP contribution in [0.5, 0.6) is 0 Å². The summed E-state index contributed by atoms with van der Waals surface area (Å²) in [4.78, 5) is 4.07. The monoisotopic (exact) mass is 285 g/mol. The molecular formula is C17H23N3O. The standard InChI is InChI=1S/C17H23N3O/c1-13-12-18-9-7-16(13)17(21)11-14-8-10-20(19-14)15-5-3-2-4-6-15/h7-10,12,15,17,21H,2-6,11H2,1H3. The molecule has 2 heterocycles. The fourth-order valence-corrected chi connectivity index (χ4v) is 3.20. The van der Waals surface area contributed by atoms with Gasteiger partial charge in [-0.05, 0) is 43.0 Å². The fourth-order valence-electron chi connectivity index (χ4n) is 3.20. The normalized spacial score (nSPS) is 17.8. The number of aliphatic hydroxyl groups is 1. The van der Waals surface area contributed by atoms with Gasteiger partial charge in [-0.2, -0.15) is 5.10 Å². The Labute approximate surface area is 125 Å². The van der Waals surface area contributed by atoms with E-state index in [0.717, 1.165) is 16.8 Å². The quantitative estimate of drug-likeness (QED) is 0.937. The van der Waals surface area contributed by atoms with Gasteiger partial charge in [0.05, 0.1) is 17.8 Å². The van der Waals surface area contributed by atoms with Crippen molar-refractivity contribution >= 4 is 0 Å². The van der Waals surface area contributed by atoms with Crippen molar-refractivity contribution in [1.82, 2.24) is 14.8 Å². The lowest BCUT2D eigenvalue weighted by atomic mass is 9.96. The number of hydrogen-bond acceptors (Lipinski definition) is 3. The second-order valence-electron chi connectivity index (χ2n) is 6.03. The first kappa shape index (κ1) is 14.3. The number of nitrogens with zero attached hydrogens (tertiary/aromatic N) is 3. The maximum atomic E-state index is 10.4. The minimum absolute atomic E-state index is 0.511. The molecule has 0 bridgehead atoms. The van der Waals surface area contributed by atoms with E-state index >= 15 is 0 Å². The average Bonchev–Trinajstić information content (AvgIpc) is 2.97. The van der Waals surface area contributed by atoms with Crippen molar-refractivity contribution in [3.05, 3.63) is 47.5 Å². The van der Waals surface area contributed by atoms with Crippen molar-refractivity contribution < 1.29 is 5.11 Å². The first-order chi connectivity index (χ1) is 10.2. The van der Waals surface area contributed by atoms with Crippen LogP contribution in [0.2, 0.25) is 0 Å². The molecule has 1 fully saturated rings. The minimum atomic E-state index is -0.511. The van der Waals surface area contributed by atoms with E-state index < -0.39 is 6.10 Å². The largest absolute Gasteiger partial charge is 0.388 e. The molecule has 2 aromatic heterocycles. The molecule has 0 aromatic carbocycles. The van der Waals surface area contributed by atoms with Crippen molar-refractivity contribution in [2.24, 2.45) is 0 Å². The van der Waals surface area contributed by atoms with Crippen LogP contribution in [-0.4, -0.2) is 19.9 Å². The molecule has 0 radical (unpaired) electrons. The van der Waals surface area contributed by atoms with E-state index in [1.807, 2.05) is 19.1 Å². The number of pyridine rings is 1. The molecule has 112 valence electrons. The van der Waals surface area contributed by atoms with Gasteiger partial charge in [0.2, 0.25) is 0 Å². The Morgan fingerprint density at radius 1 is 1.29 bits per heavy atom. The summed E-state index contributed by atoms with van der Waals surface area (Å²) >= 11 is 0. The topological polar surface area (TPSA) is 50.9 Å². The molecule has 4 nitrogen and oxygen atoms in total. The molecule has 1 aliphatic carbocycles. The van der Waals surface area contributed by atoms with Crippen molar-refractivity contribution in [3.63, 3.8) is 0 Å². The number of hydrogen-bond donors (Lipinski definition) is 1. The van der Waals surface area contributed by atoms with Crippen molar-refractivity contribution in [2.75, 3.05) is 0 Å². The number of aryl methyl sites for hydroxylation is 1. The van der Waals surface area contributed by atoms with Crippen LogP contribution in [0.25, 0.3) is 0 Å². The lowest BCUT2D eigenvalue weighted by Crippen LogP contribution is -2.14. The molecule has 0 spiro atoms. The van der Waals surface area contributed by atoms with E-state index in [1.165, 1.54) is 32.1 Å². The highest BCUT2D eigenvalue weighted by molar-refractivity contribution is 5.25. The van der Waals surface area contributed by atoms with Crippen LogP contribution in [0.3, 0.4) is 0 Å². The van der Waals surface area contributed by atoms with E-state index in [2.05, 4.69) is 21.0 Å². The molecule has 4 heteroatoms. The molecule has 1 unspecified atom stereocenters. The Morgan fingerprint density at radius 3 is 2.86 bits per heavy atom. The summed E-state index contributed by atoms with van der Waals surface area (Å²) in [6, 6.07) is 4.47. The van der Waals surface area contributed by atoms with Gasteiger partial charge in [-0.15, -0.1) is 0 Å². The van der Waals surface area contributed by atoms with Crippen molar-refractivity contribution in [3.8, 4) is 0 Å². The molecule has 1 saturated carbocycles. The molecule has 3 rings (SSSR count). The van der Waals surface area contributed by atoms with Gasteiger partial charge >= 0.3 is 0 Å². The molecule has 21 heavy (non-hydrogen) atoms. The van der Waals surface area contributed by atoms with Crippen LogP contribution < -0.4 is 0 Å². The van der Waals surface area contributed by atoms with Gasteiger partial charge in [0.1, 0.15) is 0 Å². The molecule has 0 saturated heterocycles. The highest BCUT2D eigenvalue weighted by Crippen LogP contribution is 2.28. The van der Waals surface area contributed by atoms with Crippen LogP contribution in [0.15, 0.2) is 30.7 Å². The predicted molar refractivity (Wildman–Crippen MR) is 82.0 cm³/mol. The van der Waals surface area contributed by atoms with E-state index in [0.29, 0.717) is 12.5 Å². The van der Waals surface area contributed by atoms with Gasteiger partial charge in [0.25, 0.3) is 0 Å². The van der Waals surface area contributed by atoms with E-state index in [-0.39, 0.29) is 0 Å². The predicted octanol–water partition coefficient (Wildman–Crippen LogP) is 3.37. The first-order valence-corrected chi connectivity index (χ1v) is 7.86. The summed E-state index contributed by atoms with van der Waals surface area (Å²) in [6.45, 7) is 1.98. The van der Waals surface area contributed by atoms with Crippen LogP contribution in [0, 0.1) is 6.92 Å². The van der Waals surface area contributed by atoms with Gasteiger partial charge in [0, 0.05) is 25.0 Å². The first-order valence-electron chi connectivity index (χ1n) is 7.86. The zero-order valence-corrected chi connectivity index (χ0v) is 12.6. The molecule has 1 aliphatic rings. The molecule has 0 amide bonds. The van der Waals surface area contributed by atoms with E-state index in [1.54, 1.807) is 12.4 Å². The summed E-state index contributed by atoms with van der Waals surface area (Å²) in [7, 11) is 0. The number of aliphatic hydroxyl groups excluding tert-OH is 1. The third-order valence-electron chi connectivity index (χ3n) is 4.44. The third kappa shape index (κ3) is 3.32. The van der Waals surface area contributed by atoms with E-state index in [4.69, 9.17) is 0 Å². The minimum Gasteiger partial charge on any atom is -0.388 e. The Hall–Kier alpha value is -1.68. The van der Waals surface area contributed by atoms with Crippen LogP contribution in [-0.2, 0) is 6.42 Å². The summed E-state index contributed by atoms with van der Waals surface area (Å²) in [5, 5.41) is 15.1. The summed E-state index contributed by atoms with van der Waals surface area (Å²) in [5.74, 6) is 0. The molecule has 1 N–H and O–H groups in total. The molecular weight excluding hydrogens is 262 g/mol. The van der Waals surface area contributed by atoms with Gasteiger partial charge in [0.15, 0.2) is 0 Å². The maximum absolute atomic E-state index is 10.4. The van der Waals surface area contributed by atoms with Gasteiger partial charge in [-0.3, -0.25) is 9.67 Å². The van der Waals surface area contributed by atoms with E-state index in [9.17, 15) is 5.11 Å². The third-order valence-corrected chi connectivity index (χ3v) is 4.44. The second-order valence-corrected chi connectivity index (χ2v) is 6.03. The zero-order valence-electron chi connectivity index (χ0n) is 12.6. The SMILES string of the molecule is Cc1cnccc1C(O)Cc1ccn(C2CCCCC2)n1. The highest BCUT2D eigenvalue weighted by atomic mass is 16.3. The Bertz CT molecular complexity index is 587. The van der Waals surface area contributed by atoms with Crippen LogP contribution >= 0.6 is 0 Å². The fraction of sp³-hybridized carbons (Fsp3) is 0.529. The average molecular weight is 285 g/mol. The Morgan fingerprint density at radius 2 is 2.10 bits per heavy atom. The zero-order chi connectivity index (χ0) is 14.7. The number of aromatic nitrogens is 3. The lowest BCUT2D eigenvalue weighted by molar-refractivity contribution is 0.175. The molecule has 1 atom stereocenters. The van der Waals surface area contributed by atoms with Gasteiger partial charge in [-0.25, -0.2) is 0 Å². The van der Waals surface area contributed by atoms with Crippen LogP contribution in [0.1, 0.15) is 61.1 Å². The maximum Gasteiger partial charge on any atom is 0.0849 e.